The van der Waals surface area contributed by atoms with Crippen LogP contribution in [-0.2, 0) is 6.18 Å². The summed E-state index contributed by atoms with van der Waals surface area (Å²) in [4.78, 5) is 0. The number of rotatable bonds is 3. The van der Waals surface area contributed by atoms with Gasteiger partial charge >= 0.3 is 6.18 Å². The highest BCUT2D eigenvalue weighted by Crippen LogP contribution is 2.31. The number of nitrogens with one attached hydrogen (secondary N) is 1. The minimum Gasteiger partial charge on any atom is -0.309 e. The lowest BCUT2D eigenvalue weighted by molar-refractivity contribution is -0.137. The van der Waals surface area contributed by atoms with Gasteiger partial charge in [-0.2, -0.15) is 13.2 Å². The first kappa shape index (κ1) is 15.5. The summed E-state index contributed by atoms with van der Waals surface area (Å²) in [6.07, 6.45) is -4.35. The number of hydrogen-bond acceptors (Lipinski definition) is 1. The van der Waals surface area contributed by atoms with Crippen LogP contribution in [0.3, 0.4) is 0 Å². The number of hydrogen-bond donors (Lipinski definition) is 1. The smallest absolute Gasteiger partial charge is 0.309 e. The molecule has 1 atom stereocenters. The van der Waals surface area contributed by atoms with E-state index in [2.05, 4.69) is 5.32 Å². The average Bonchev–Trinajstić information content (AvgIpc) is 2.43. The quantitative estimate of drug-likeness (QED) is 0.825. The van der Waals surface area contributed by atoms with Gasteiger partial charge in [0.1, 0.15) is 5.82 Å². The Kier molecular flexibility index (Phi) is 4.32. The summed E-state index contributed by atoms with van der Waals surface area (Å²) in [7, 11) is 1.71. The fraction of sp³-hybridized carbons (Fsp3) is 0.250. The zero-order valence-corrected chi connectivity index (χ0v) is 11.6. The predicted octanol–water partition coefficient (Wildman–Crippen LogP) is 4.46. The molecule has 0 spiro atoms. The monoisotopic (exact) mass is 297 g/mol. The SMILES string of the molecule is CNC(c1ccc(C(F)(F)F)cc1)c1ccc(F)c(C)c1. The van der Waals surface area contributed by atoms with Gasteiger partial charge in [0, 0.05) is 0 Å². The molecule has 2 aromatic rings. The highest BCUT2D eigenvalue weighted by Gasteiger charge is 2.30. The van der Waals surface area contributed by atoms with Crippen molar-refractivity contribution in [2.45, 2.75) is 19.1 Å². The molecule has 0 aromatic heterocycles. The summed E-state index contributed by atoms with van der Waals surface area (Å²) in [5.74, 6) is -0.305. The summed E-state index contributed by atoms with van der Waals surface area (Å²) in [6, 6.07) is 9.36. The maximum atomic E-state index is 13.3. The van der Waals surface area contributed by atoms with Crippen LogP contribution in [0.25, 0.3) is 0 Å². The molecule has 0 radical (unpaired) electrons. The molecular weight excluding hydrogens is 282 g/mol. The molecular formula is C16H15F4N. The van der Waals surface area contributed by atoms with Gasteiger partial charge in [-0.1, -0.05) is 24.3 Å². The van der Waals surface area contributed by atoms with E-state index in [0.717, 1.165) is 17.7 Å². The summed E-state index contributed by atoms with van der Waals surface area (Å²) < 4.78 is 51.0. The fourth-order valence-electron chi connectivity index (χ4n) is 2.24. The van der Waals surface area contributed by atoms with Crippen LogP contribution < -0.4 is 5.32 Å². The van der Waals surface area contributed by atoms with E-state index in [-0.39, 0.29) is 11.9 Å². The number of aryl methyl sites for hydroxylation is 1. The van der Waals surface area contributed by atoms with Crippen molar-refractivity contribution in [2.24, 2.45) is 0 Å². The molecule has 0 aliphatic rings. The third kappa shape index (κ3) is 3.42. The van der Waals surface area contributed by atoms with E-state index in [1.807, 2.05) is 0 Å². The van der Waals surface area contributed by atoms with Gasteiger partial charge in [-0.25, -0.2) is 4.39 Å². The van der Waals surface area contributed by atoms with Gasteiger partial charge in [0.15, 0.2) is 0 Å². The second-order valence-electron chi connectivity index (χ2n) is 4.85. The fourth-order valence-corrected chi connectivity index (χ4v) is 2.24. The molecule has 5 heteroatoms. The van der Waals surface area contributed by atoms with Crippen molar-refractivity contribution in [1.29, 1.82) is 0 Å². The van der Waals surface area contributed by atoms with Gasteiger partial charge in [-0.05, 0) is 48.9 Å². The van der Waals surface area contributed by atoms with Crippen molar-refractivity contribution in [3.05, 3.63) is 70.5 Å². The Morgan fingerprint density at radius 3 is 2.00 bits per heavy atom. The van der Waals surface area contributed by atoms with Crippen LogP contribution in [0.15, 0.2) is 42.5 Å². The first-order valence-electron chi connectivity index (χ1n) is 6.43. The largest absolute Gasteiger partial charge is 0.416 e. The maximum Gasteiger partial charge on any atom is 0.416 e. The van der Waals surface area contributed by atoms with E-state index >= 15 is 0 Å². The van der Waals surface area contributed by atoms with Crippen LogP contribution in [0.2, 0.25) is 0 Å². The Morgan fingerprint density at radius 1 is 0.952 bits per heavy atom. The topological polar surface area (TPSA) is 12.0 Å². The Balaban J connectivity index is 2.35. The van der Waals surface area contributed by atoms with Crippen LogP contribution >= 0.6 is 0 Å². The molecule has 0 fully saturated rings. The summed E-state index contributed by atoms with van der Waals surface area (Å²) in [5, 5.41) is 3.04. The highest BCUT2D eigenvalue weighted by molar-refractivity contribution is 5.36. The highest BCUT2D eigenvalue weighted by atomic mass is 19.4. The van der Waals surface area contributed by atoms with Crippen molar-refractivity contribution in [3.8, 4) is 0 Å². The first-order chi connectivity index (χ1) is 9.82. The van der Waals surface area contributed by atoms with E-state index in [1.54, 1.807) is 26.1 Å². The van der Waals surface area contributed by atoms with Crippen molar-refractivity contribution < 1.29 is 17.6 Å². The molecule has 1 N–H and O–H groups in total. The Hall–Kier alpha value is -1.88. The third-order valence-corrected chi connectivity index (χ3v) is 3.38. The second kappa shape index (κ2) is 5.85. The average molecular weight is 297 g/mol. The number of benzene rings is 2. The Bertz CT molecular complexity index is 617. The van der Waals surface area contributed by atoms with Crippen LogP contribution in [0.4, 0.5) is 17.6 Å². The third-order valence-electron chi connectivity index (χ3n) is 3.38. The molecule has 0 amide bonds. The molecule has 2 aromatic carbocycles. The van der Waals surface area contributed by atoms with E-state index in [0.29, 0.717) is 11.1 Å². The lowest BCUT2D eigenvalue weighted by Gasteiger charge is -2.18. The minimum absolute atomic E-state index is 0.286. The predicted molar refractivity (Wildman–Crippen MR) is 73.5 cm³/mol. The lowest BCUT2D eigenvalue weighted by atomic mass is 9.96. The Morgan fingerprint density at radius 2 is 1.52 bits per heavy atom. The molecule has 112 valence electrons. The normalized spacial score (nSPS) is 13.2. The summed E-state index contributed by atoms with van der Waals surface area (Å²) >= 11 is 0. The van der Waals surface area contributed by atoms with Gasteiger partial charge in [0.2, 0.25) is 0 Å². The molecule has 0 bridgehead atoms. The molecule has 1 nitrogen and oxygen atoms in total. The molecule has 2 rings (SSSR count). The molecule has 1 unspecified atom stereocenters. The molecule has 0 saturated heterocycles. The van der Waals surface area contributed by atoms with E-state index in [9.17, 15) is 17.6 Å². The van der Waals surface area contributed by atoms with Crippen LogP contribution in [0.5, 0.6) is 0 Å². The van der Waals surface area contributed by atoms with Gasteiger partial charge in [0.05, 0.1) is 11.6 Å². The maximum absolute atomic E-state index is 13.3. The van der Waals surface area contributed by atoms with Crippen LogP contribution in [0.1, 0.15) is 28.3 Å². The molecule has 0 heterocycles. The van der Waals surface area contributed by atoms with Crippen molar-refractivity contribution in [1.82, 2.24) is 5.32 Å². The summed E-state index contributed by atoms with van der Waals surface area (Å²) in [6.45, 7) is 1.65. The zero-order chi connectivity index (χ0) is 15.6. The molecule has 0 saturated carbocycles. The summed E-state index contributed by atoms with van der Waals surface area (Å²) in [5.41, 5.74) is 1.31. The first-order valence-corrected chi connectivity index (χ1v) is 6.43. The van der Waals surface area contributed by atoms with Crippen LogP contribution in [-0.4, -0.2) is 7.05 Å². The number of halogens is 4. The van der Waals surface area contributed by atoms with Gasteiger partial charge in [0.25, 0.3) is 0 Å². The van der Waals surface area contributed by atoms with Crippen molar-refractivity contribution >= 4 is 0 Å². The van der Waals surface area contributed by atoms with E-state index in [4.69, 9.17) is 0 Å². The lowest BCUT2D eigenvalue weighted by Crippen LogP contribution is -2.18. The van der Waals surface area contributed by atoms with Crippen LogP contribution in [0, 0.1) is 12.7 Å². The molecule has 21 heavy (non-hydrogen) atoms. The number of alkyl halides is 3. The standard InChI is InChI=1S/C16H15F4N/c1-10-9-12(5-8-14(10)17)15(21-2)11-3-6-13(7-4-11)16(18,19)20/h3-9,15,21H,1-2H3. The van der Waals surface area contributed by atoms with Gasteiger partial charge < -0.3 is 5.32 Å². The Labute approximate surface area is 120 Å². The molecule has 0 aliphatic heterocycles. The van der Waals surface area contributed by atoms with E-state index in [1.165, 1.54) is 18.2 Å². The van der Waals surface area contributed by atoms with Gasteiger partial charge in [-0.15, -0.1) is 0 Å². The van der Waals surface area contributed by atoms with Gasteiger partial charge in [-0.3, -0.25) is 0 Å². The second-order valence-corrected chi connectivity index (χ2v) is 4.85. The zero-order valence-electron chi connectivity index (χ0n) is 11.6. The molecule has 0 aliphatic carbocycles. The minimum atomic E-state index is -4.35. The van der Waals surface area contributed by atoms with Crippen molar-refractivity contribution in [3.63, 3.8) is 0 Å². The van der Waals surface area contributed by atoms with Crippen molar-refractivity contribution in [2.75, 3.05) is 7.05 Å². The van der Waals surface area contributed by atoms with E-state index < -0.39 is 11.7 Å².